The first kappa shape index (κ1) is 10.8. The van der Waals surface area contributed by atoms with Crippen LogP contribution in [-0.4, -0.2) is 37.0 Å². The van der Waals surface area contributed by atoms with E-state index < -0.39 is 0 Å². The smallest absolute Gasteiger partial charge is 0.253 e. The highest BCUT2D eigenvalue weighted by Gasteiger charge is 2.41. The monoisotopic (exact) mass is 230 g/mol. The highest BCUT2D eigenvalue weighted by atomic mass is 16.2. The summed E-state index contributed by atoms with van der Waals surface area (Å²) in [5.74, 6) is 0.189. The van der Waals surface area contributed by atoms with Crippen molar-refractivity contribution in [2.75, 3.05) is 26.2 Å². The van der Waals surface area contributed by atoms with E-state index in [2.05, 4.69) is 5.32 Å². The van der Waals surface area contributed by atoms with Gasteiger partial charge in [0.05, 0.1) is 0 Å². The van der Waals surface area contributed by atoms with Crippen LogP contribution in [0, 0.1) is 5.41 Å². The molecule has 0 bridgehead atoms. The van der Waals surface area contributed by atoms with Crippen molar-refractivity contribution < 1.29 is 4.79 Å². The summed E-state index contributed by atoms with van der Waals surface area (Å²) >= 11 is 0. The van der Waals surface area contributed by atoms with Crippen molar-refractivity contribution >= 4 is 5.91 Å². The number of hydrogen-bond acceptors (Lipinski definition) is 2. The van der Waals surface area contributed by atoms with E-state index in [1.54, 1.807) is 0 Å². The van der Waals surface area contributed by atoms with Gasteiger partial charge in [-0.1, -0.05) is 18.2 Å². The van der Waals surface area contributed by atoms with Gasteiger partial charge < -0.3 is 10.2 Å². The third-order valence-corrected chi connectivity index (χ3v) is 4.08. The first-order chi connectivity index (χ1) is 8.29. The normalized spacial score (nSPS) is 27.9. The maximum atomic E-state index is 12.3. The summed E-state index contributed by atoms with van der Waals surface area (Å²) in [6.07, 6.45) is 2.37. The predicted molar refractivity (Wildman–Crippen MR) is 66.9 cm³/mol. The molecule has 0 aliphatic carbocycles. The number of benzene rings is 1. The first-order valence-corrected chi connectivity index (χ1v) is 6.34. The number of hydrogen-bond donors (Lipinski definition) is 1. The standard InChI is InChI=1S/C14H18N2O/c17-13(12-4-2-1-3-5-12)16-9-7-14(11-16)6-8-15-10-14/h1-5,15H,6-11H2/t14-/m0/s1. The number of amides is 1. The molecule has 2 heterocycles. The molecule has 2 saturated heterocycles. The largest absolute Gasteiger partial charge is 0.338 e. The molecule has 1 N–H and O–H groups in total. The van der Waals surface area contributed by atoms with E-state index >= 15 is 0 Å². The van der Waals surface area contributed by atoms with Gasteiger partial charge in [0.15, 0.2) is 0 Å². The summed E-state index contributed by atoms with van der Waals surface area (Å²) in [7, 11) is 0. The van der Waals surface area contributed by atoms with Crippen LogP contribution in [0.4, 0.5) is 0 Å². The Bertz CT molecular complexity index is 409. The van der Waals surface area contributed by atoms with Crippen LogP contribution in [0.3, 0.4) is 0 Å². The second-order valence-electron chi connectivity index (χ2n) is 5.27. The van der Waals surface area contributed by atoms with Gasteiger partial charge in [-0.25, -0.2) is 0 Å². The molecule has 1 aromatic rings. The second-order valence-corrected chi connectivity index (χ2v) is 5.27. The van der Waals surface area contributed by atoms with Gasteiger partial charge in [-0.2, -0.15) is 0 Å². The Hall–Kier alpha value is -1.35. The fourth-order valence-corrected chi connectivity index (χ4v) is 3.02. The molecule has 3 nitrogen and oxygen atoms in total. The Morgan fingerprint density at radius 1 is 1.24 bits per heavy atom. The molecular weight excluding hydrogens is 212 g/mol. The maximum absolute atomic E-state index is 12.3. The molecule has 1 spiro atoms. The van der Waals surface area contributed by atoms with Crippen LogP contribution >= 0.6 is 0 Å². The molecule has 2 fully saturated rings. The maximum Gasteiger partial charge on any atom is 0.253 e. The summed E-state index contributed by atoms with van der Waals surface area (Å²) in [6.45, 7) is 4.02. The highest BCUT2D eigenvalue weighted by Crippen LogP contribution is 2.36. The van der Waals surface area contributed by atoms with Crippen LogP contribution < -0.4 is 5.32 Å². The lowest BCUT2D eigenvalue weighted by molar-refractivity contribution is 0.0776. The number of likely N-dealkylation sites (tertiary alicyclic amines) is 1. The van der Waals surface area contributed by atoms with Crippen molar-refractivity contribution in [3.05, 3.63) is 35.9 Å². The van der Waals surface area contributed by atoms with E-state index in [9.17, 15) is 4.79 Å². The van der Waals surface area contributed by atoms with E-state index in [4.69, 9.17) is 0 Å². The van der Waals surface area contributed by atoms with Crippen LogP contribution in [-0.2, 0) is 0 Å². The lowest BCUT2D eigenvalue weighted by atomic mass is 9.86. The molecule has 1 atom stereocenters. The van der Waals surface area contributed by atoms with Crippen molar-refractivity contribution in [2.24, 2.45) is 5.41 Å². The average Bonchev–Trinajstić information content (AvgIpc) is 3.01. The van der Waals surface area contributed by atoms with E-state index in [-0.39, 0.29) is 5.91 Å². The zero-order valence-corrected chi connectivity index (χ0v) is 9.98. The Kier molecular flexibility index (Phi) is 2.63. The number of nitrogens with zero attached hydrogens (tertiary/aromatic N) is 1. The number of rotatable bonds is 1. The van der Waals surface area contributed by atoms with Gasteiger partial charge in [-0.3, -0.25) is 4.79 Å². The summed E-state index contributed by atoms with van der Waals surface area (Å²) < 4.78 is 0. The number of nitrogens with one attached hydrogen (secondary N) is 1. The summed E-state index contributed by atoms with van der Waals surface area (Å²) in [6, 6.07) is 9.61. The Balaban J connectivity index is 1.73. The lowest BCUT2D eigenvalue weighted by Crippen LogP contribution is -2.33. The minimum atomic E-state index is 0.189. The Morgan fingerprint density at radius 2 is 2.06 bits per heavy atom. The van der Waals surface area contributed by atoms with Crippen molar-refractivity contribution in [2.45, 2.75) is 12.8 Å². The third-order valence-electron chi connectivity index (χ3n) is 4.08. The van der Waals surface area contributed by atoms with Gasteiger partial charge in [0.25, 0.3) is 5.91 Å². The van der Waals surface area contributed by atoms with E-state index in [1.165, 1.54) is 6.42 Å². The molecule has 0 saturated carbocycles. The van der Waals surface area contributed by atoms with E-state index in [0.717, 1.165) is 38.2 Å². The summed E-state index contributed by atoms with van der Waals surface area (Å²) in [5.41, 5.74) is 1.18. The molecule has 1 aromatic carbocycles. The van der Waals surface area contributed by atoms with Crippen molar-refractivity contribution in [1.82, 2.24) is 10.2 Å². The highest BCUT2D eigenvalue weighted by molar-refractivity contribution is 5.94. The lowest BCUT2D eigenvalue weighted by Gasteiger charge is -2.22. The minimum Gasteiger partial charge on any atom is -0.338 e. The second kappa shape index (κ2) is 4.15. The summed E-state index contributed by atoms with van der Waals surface area (Å²) in [4.78, 5) is 14.3. The fraction of sp³-hybridized carbons (Fsp3) is 0.500. The van der Waals surface area contributed by atoms with Crippen LogP contribution in [0.15, 0.2) is 30.3 Å². The number of carbonyl (C=O) groups is 1. The molecule has 3 rings (SSSR count). The zero-order chi connectivity index (χ0) is 11.7. The Labute approximate surface area is 102 Å². The molecule has 90 valence electrons. The van der Waals surface area contributed by atoms with Crippen molar-refractivity contribution in [3.63, 3.8) is 0 Å². The van der Waals surface area contributed by atoms with E-state index in [0.29, 0.717) is 5.41 Å². The van der Waals surface area contributed by atoms with Crippen molar-refractivity contribution in [3.8, 4) is 0 Å². The molecule has 3 heteroatoms. The van der Waals surface area contributed by atoms with Crippen molar-refractivity contribution in [1.29, 1.82) is 0 Å². The quantitative estimate of drug-likeness (QED) is 0.793. The van der Waals surface area contributed by atoms with Crippen LogP contribution in [0.25, 0.3) is 0 Å². The molecule has 0 radical (unpaired) electrons. The van der Waals surface area contributed by atoms with Gasteiger partial charge in [0.1, 0.15) is 0 Å². The SMILES string of the molecule is O=C(c1ccccc1)N1CC[C@]2(CCNC2)C1. The molecule has 0 unspecified atom stereocenters. The van der Waals surface area contributed by atoms with Gasteiger partial charge in [-0.05, 0) is 31.5 Å². The van der Waals surface area contributed by atoms with Crippen LogP contribution in [0.2, 0.25) is 0 Å². The molecular formula is C14H18N2O. The van der Waals surface area contributed by atoms with Gasteiger partial charge in [0, 0.05) is 30.6 Å². The zero-order valence-electron chi connectivity index (χ0n) is 9.98. The predicted octanol–water partition coefficient (Wildman–Crippen LogP) is 1.51. The summed E-state index contributed by atoms with van der Waals surface area (Å²) in [5, 5.41) is 3.42. The average molecular weight is 230 g/mol. The number of carbonyl (C=O) groups excluding carboxylic acids is 1. The van der Waals surface area contributed by atoms with E-state index in [1.807, 2.05) is 35.2 Å². The molecule has 1 amide bonds. The molecule has 2 aliphatic rings. The van der Waals surface area contributed by atoms with Crippen LogP contribution in [0.1, 0.15) is 23.2 Å². The topological polar surface area (TPSA) is 32.3 Å². The van der Waals surface area contributed by atoms with Gasteiger partial charge >= 0.3 is 0 Å². The van der Waals surface area contributed by atoms with Crippen LogP contribution in [0.5, 0.6) is 0 Å². The fourth-order valence-electron chi connectivity index (χ4n) is 3.02. The minimum absolute atomic E-state index is 0.189. The van der Waals surface area contributed by atoms with Gasteiger partial charge in [0.2, 0.25) is 0 Å². The third kappa shape index (κ3) is 1.95. The first-order valence-electron chi connectivity index (χ1n) is 6.34. The molecule has 2 aliphatic heterocycles. The molecule has 17 heavy (non-hydrogen) atoms. The molecule has 0 aromatic heterocycles. The van der Waals surface area contributed by atoms with Gasteiger partial charge in [-0.15, -0.1) is 0 Å². The Morgan fingerprint density at radius 3 is 2.76 bits per heavy atom.